The van der Waals surface area contributed by atoms with E-state index in [1.165, 1.54) is 0 Å². The third-order valence-electron chi connectivity index (χ3n) is 4.54. The van der Waals surface area contributed by atoms with E-state index in [-0.39, 0.29) is 12.5 Å². The number of β-amino-alcohol motifs (C(OH)–C–C–N with tert-alkyl or cyclic N) is 1. The van der Waals surface area contributed by atoms with Crippen LogP contribution >= 0.6 is 0 Å². The average Bonchev–Trinajstić information content (AvgIpc) is 2.62. The van der Waals surface area contributed by atoms with Crippen molar-refractivity contribution in [2.24, 2.45) is 0 Å². The molecular weight excluding hydrogens is 318 g/mol. The van der Waals surface area contributed by atoms with Gasteiger partial charge in [0.25, 0.3) is 5.91 Å². The Bertz CT molecular complexity index is 739. The van der Waals surface area contributed by atoms with E-state index >= 15 is 0 Å². The molecule has 1 amide bonds. The molecule has 1 N–H and O–H groups in total. The molecule has 3 rings (SSSR count). The lowest BCUT2D eigenvalue weighted by Gasteiger charge is -2.41. The Morgan fingerprint density at radius 3 is 2.92 bits per heavy atom. The van der Waals surface area contributed by atoms with Gasteiger partial charge in [-0.25, -0.2) is 4.98 Å². The molecule has 0 aliphatic carbocycles. The molecular formula is C18H23N5O2. The van der Waals surface area contributed by atoms with Gasteiger partial charge in [-0.1, -0.05) is 0 Å². The molecule has 0 radical (unpaired) electrons. The van der Waals surface area contributed by atoms with Crippen molar-refractivity contribution in [2.75, 3.05) is 31.6 Å². The zero-order valence-electron chi connectivity index (χ0n) is 14.6. The number of aromatic nitrogens is 3. The van der Waals surface area contributed by atoms with E-state index in [9.17, 15) is 9.90 Å². The van der Waals surface area contributed by atoms with Crippen LogP contribution in [0.3, 0.4) is 0 Å². The molecule has 7 heteroatoms. The summed E-state index contributed by atoms with van der Waals surface area (Å²) in [5, 5.41) is 11.0. The summed E-state index contributed by atoms with van der Waals surface area (Å²) in [6, 6.07) is 3.51. The van der Waals surface area contributed by atoms with E-state index in [0.717, 1.165) is 18.8 Å². The Hall–Kier alpha value is -2.54. The second kappa shape index (κ2) is 7.14. The lowest BCUT2D eigenvalue weighted by molar-refractivity contribution is -0.000181. The highest BCUT2D eigenvalue weighted by Gasteiger charge is 2.36. The molecule has 1 fully saturated rings. The maximum absolute atomic E-state index is 12.7. The summed E-state index contributed by atoms with van der Waals surface area (Å²) in [7, 11) is 1.72. The summed E-state index contributed by atoms with van der Waals surface area (Å²) in [6.07, 6.45) is 8.11. The fourth-order valence-corrected chi connectivity index (χ4v) is 3.32. The topological polar surface area (TPSA) is 82.5 Å². The zero-order chi connectivity index (χ0) is 17.9. The van der Waals surface area contributed by atoms with Crippen molar-refractivity contribution in [3.63, 3.8) is 0 Å². The van der Waals surface area contributed by atoms with Gasteiger partial charge in [-0.3, -0.25) is 14.8 Å². The Morgan fingerprint density at radius 1 is 1.36 bits per heavy atom. The van der Waals surface area contributed by atoms with Crippen LogP contribution in [-0.4, -0.2) is 63.1 Å². The lowest BCUT2D eigenvalue weighted by atomic mass is 9.92. The SMILES string of the molecule is Cc1ncccc1C(=O)N(C)C[C@@]1(O)CCCN(c2cnccn2)C1. The van der Waals surface area contributed by atoms with Gasteiger partial charge in [-0.2, -0.15) is 0 Å². The number of anilines is 1. The first-order valence-electron chi connectivity index (χ1n) is 8.39. The van der Waals surface area contributed by atoms with E-state index < -0.39 is 5.60 Å². The van der Waals surface area contributed by atoms with Crippen LogP contribution in [0, 0.1) is 6.92 Å². The van der Waals surface area contributed by atoms with Crippen molar-refractivity contribution in [1.29, 1.82) is 0 Å². The minimum Gasteiger partial charge on any atom is -0.386 e. The molecule has 0 spiro atoms. The molecule has 0 saturated carbocycles. The lowest BCUT2D eigenvalue weighted by Crippen LogP contribution is -2.55. The summed E-state index contributed by atoms with van der Waals surface area (Å²) < 4.78 is 0. The molecule has 1 atom stereocenters. The van der Waals surface area contributed by atoms with Crippen LogP contribution in [0.5, 0.6) is 0 Å². The minimum absolute atomic E-state index is 0.129. The van der Waals surface area contributed by atoms with Crippen LogP contribution in [0.15, 0.2) is 36.9 Å². The van der Waals surface area contributed by atoms with Gasteiger partial charge >= 0.3 is 0 Å². The predicted molar refractivity (Wildman–Crippen MR) is 94.4 cm³/mol. The monoisotopic (exact) mass is 341 g/mol. The summed E-state index contributed by atoms with van der Waals surface area (Å²) >= 11 is 0. The average molecular weight is 341 g/mol. The Kier molecular flexibility index (Phi) is 4.94. The van der Waals surface area contributed by atoms with Gasteiger partial charge in [0.2, 0.25) is 0 Å². The molecule has 0 bridgehead atoms. The Labute approximate surface area is 147 Å². The number of carbonyl (C=O) groups is 1. The summed E-state index contributed by atoms with van der Waals surface area (Å²) in [5.41, 5.74) is 0.280. The number of aryl methyl sites for hydroxylation is 1. The fraction of sp³-hybridized carbons (Fsp3) is 0.444. The molecule has 1 saturated heterocycles. The maximum atomic E-state index is 12.7. The molecule has 1 aliphatic heterocycles. The number of hydrogen-bond acceptors (Lipinski definition) is 6. The van der Waals surface area contributed by atoms with Crippen molar-refractivity contribution in [1.82, 2.24) is 19.9 Å². The van der Waals surface area contributed by atoms with E-state index in [2.05, 4.69) is 15.0 Å². The third-order valence-corrected chi connectivity index (χ3v) is 4.54. The van der Waals surface area contributed by atoms with Gasteiger partial charge in [0.15, 0.2) is 0 Å². The number of piperidine rings is 1. The van der Waals surface area contributed by atoms with Crippen molar-refractivity contribution >= 4 is 11.7 Å². The van der Waals surface area contributed by atoms with Crippen LogP contribution in [0.25, 0.3) is 0 Å². The van der Waals surface area contributed by atoms with Gasteiger partial charge in [-0.15, -0.1) is 0 Å². The Balaban J connectivity index is 1.70. The van der Waals surface area contributed by atoms with Gasteiger partial charge in [0.05, 0.1) is 23.9 Å². The van der Waals surface area contributed by atoms with Crippen LogP contribution < -0.4 is 4.90 Å². The van der Waals surface area contributed by atoms with E-state index in [1.54, 1.807) is 48.9 Å². The van der Waals surface area contributed by atoms with Crippen molar-refractivity contribution in [3.8, 4) is 0 Å². The van der Waals surface area contributed by atoms with Crippen molar-refractivity contribution in [2.45, 2.75) is 25.4 Å². The number of likely N-dealkylation sites (N-methyl/N-ethyl adjacent to an activating group) is 1. The molecule has 1 aliphatic rings. The normalized spacial score (nSPS) is 20.4. The molecule has 25 heavy (non-hydrogen) atoms. The largest absolute Gasteiger partial charge is 0.386 e. The standard InChI is InChI=1S/C18H23N5O2/c1-14-15(5-3-7-20-14)17(24)22(2)12-18(25)6-4-10-23(13-18)16-11-19-8-9-21-16/h3,5,7-9,11,25H,4,6,10,12-13H2,1-2H3/t18-/m0/s1. The first-order valence-corrected chi connectivity index (χ1v) is 8.39. The van der Waals surface area contributed by atoms with Gasteiger partial charge < -0.3 is 14.9 Å². The number of carbonyl (C=O) groups excluding carboxylic acids is 1. The second-order valence-electron chi connectivity index (χ2n) is 6.61. The van der Waals surface area contributed by atoms with E-state index in [4.69, 9.17) is 0 Å². The molecule has 0 aromatic carbocycles. The molecule has 2 aromatic rings. The minimum atomic E-state index is -0.976. The molecule has 132 valence electrons. The maximum Gasteiger partial charge on any atom is 0.255 e. The number of hydrogen-bond donors (Lipinski definition) is 1. The number of rotatable bonds is 4. The van der Waals surface area contributed by atoms with Crippen LogP contribution in [0.4, 0.5) is 5.82 Å². The van der Waals surface area contributed by atoms with Crippen molar-refractivity contribution < 1.29 is 9.90 Å². The van der Waals surface area contributed by atoms with Gasteiger partial charge in [0.1, 0.15) is 5.82 Å². The summed E-state index contributed by atoms with van der Waals surface area (Å²) in [5.74, 6) is 0.619. The van der Waals surface area contributed by atoms with E-state index in [1.807, 2.05) is 11.8 Å². The fourth-order valence-electron chi connectivity index (χ4n) is 3.32. The molecule has 2 aromatic heterocycles. The van der Waals surface area contributed by atoms with Crippen LogP contribution in [-0.2, 0) is 0 Å². The van der Waals surface area contributed by atoms with Gasteiger partial charge in [-0.05, 0) is 31.9 Å². The number of pyridine rings is 1. The third kappa shape index (κ3) is 3.93. The first-order chi connectivity index (χ1) is 12.0. The second-order valence-corrected chi connectivity index (χ2v) is 6.61. The molecule has 7 nitrogen and oxygen atoms in total. The number of aliphatic hydroxyl groups is 1. The Morgan fingerprint density at radius 2 is 2.20 bits per heavy atom. The number of amides is 1. The zero-order valence-corrected chi connectivity index (χ0v) is 14.6. The van der Waals surface area contributed by atoms with Crippen molar-refractivity contribution in [3.05, 3.63) is 48.2 Å². The predicted octanol–water partition coefficient (Wildman–Crippen LogP) is 1.28. The van der Waals surface area contributed by atoms with Crippen LogP contribution in [0.1, 0.15) is 28.9 Å². The molecule has 0 unspecified atom stereocenters. The first kappa shape index (κ1) is 17.3. The highest BCUT2D eigenvalue weighted by molar-refractivity contribution is 5.95. The highest BCUT2D eigenvalue weighted by atomic mass is 16.3. The smallest absolute Gasteiger partial charge is 0.255 e. The summed E-state index contributed by atoms with van der Waals surface area (Å²) in [6.45, 7) is 3.32. The quantitative estimate of drug-likeness (QED) is 0.902. The van der Waals surface area contributed by atoms with Crippen LogP contribution in [0.2, 0.25) is 0 Å². The van der Waals surface area contributed by atoms with E-state index in [0.29, 0.717) is 24.2 Å². The molecule has 3 heterocycles. The number of nitrogens with zero attached hydrogens (tertiary/aromatic N) is 5. The highest BCUT2D eigenvalue weighted by Crippen LogP contribution is 2.25. The summed E-state index contributed by atoms with van der Waals surface area (Å²) in [4.78, 5) is 28.8. The van der Waals surface area contributed by atoms with Gasteiger partial charge in [0, 0.05) is 44.4 Å².